The molecule has 0 bridgehead atoms. The highest BCUT2D eigenvalue weighted by Crippen LogP contribution is 2.28. The quantitative estimate of drug-likeness (QED) is 0.669. The predicted octanol–water partition coefficient (Wildman–Crippen LogP) is 0.914. The Labute approximate surface area is 86.1 Å². The number of carbonyl (C=O) groups is 1. The molecule has 0 aromatic carbocycles. The topological polar surface area (TPSA) is 40.5 Å². The molecule has 1 aliphatic carbocycles. The van der Waals surface area contributed by atoms with Crippen LogP contribution in [-0.4, -0.2) is 42.5 Å². The Morgan fingerprint density at radius 1 is 1.50 bits per heavy atom. The largest absolute Gasteiger partial charge is 0.393 e. The minimum atomic E-state index is -0.253. The van der Waals surface area contributed by atoms with Crippen molar-refractivity contribution in [3.05, 3.63) is 0 Å². The van der Waals surface area contributed by atoms with Gasteiger partial charge >= 0.3 is 0 Å². The Morgan fingerprint density at radius 3 is 2.50 bits per heavy atom. The summed E-state index contributed by atoms with van der Waals surface area (Å²) in [7, 11) is 2.04. The molecule has 0 aromatic rings. The molecule has 0 spiro atoms. The number of hydrogen-bond donors (Lipinski definition) is 1. The molecule has 3 nitrogen and oxygen atoms in total. The Balaban J connectivity index is 2.22. The molecule has 0 saturated heterocycles. The molecule has 0 heterocycles. The van der Waals surface area contributed by atoms with E-state index in [0.717, 1.165) is 32.2 Å². The lowest BCUT2D eigenvalue weighted by Crippen LogP contribution is -2.40. The van der Waals surface area contributed by atoms with Crippen LogP contribution in [0.3, 0.4) is 0 Å². The number of aliphatic hydroxyl groups excluding tert-OH is 1. The highest BCUT2D eigenvalue weighted by molar-refractivity contribution is 5.58. The van der Waals surface area contributed by atoms with E-state index in [9.17, 15) is 4.79 Å². The van der Waals surface area contributed by atoms with E-state index in [1.807, 2.05) is 20.9 Å². The maximum Gasteiger partial charge on any atom is 0.126 e. The maximum atomic E-state index is 10.7. The number of carbonyl (C=O) groups excluding carboxylic acids is 1. The minimum absolute atomic E-state index is 0.0764. The summed E-state index contributed by atoms with van der Waals surface area (Å²) < 4.78 is 0. The lowest BCUT2D eigenvalue weighted by Gasteiger charge is -2.36. The van der Waals surface area contributed by atoms with E-state index in [0.29, 0.717) is 5.92 Å². The van der Waals surface area contributed by atoms with E-state index in [4.69, 9.17) is 5.11 Å². The molecule has 0 aromatic heterocycles. The van der Waals surface area contributed by atoms with Gasteiger partial charge in [-0.1, -0.05) is 13.8 Å². The van der Waals surface area contributed by atoms with E-state index >= 15 is 0 Å². The van der Waals surface area contributed by atoms with Gasteiger partial charge in [-0.05, 0) is 25.8 Å². The van der Waals surface area contributed by atoms with E-state index in [-0.39, 0.29) is 11.5 Å². The van der Waals surface area contributed by atoms with E-state index < -0.39 is 0 Å². The number of nitrogens with zero attached hydrogens (tertiary/aromatic N) is 1. The first kappa shape index (κ1) is 11.7. The first-order chi connectivity index (χ1) is 6.43. The number of rotatable bonds is 5. The van der Waals surface area contributed by atoms with E-state index in [2.05, 4.69) is 4.90 Å². The molecule has 1 aliphatic rings. The summed E-state index contributed by atoms with van der Waals surface area (Å²) in [5, 5.41) is 9.14. The molecule has 82 valence electrons. The van der Waals surface area contributed by atoms with Crippen molar-refractivity contribution in [2.24, 2.45) is 11.3 Å². The number of aliphatic hydroxyl groups is 1. The molecule has 1 rings (SSSR count). The number of aldehydes is 1. The second-order valence-electron chi connectivity index (χ2n) is 5.29. The van der Waals surface area contributed by atoms with Crippen LogP contribution in [0.2, 0.25) is 0 Å². The average molecular weight is 199 g/mol. The highest BCUT2D eigenvalue weighted by Gasteiger charge is 2.29. The van der Waals surface area contributed by atoms with Crippen LogP contribution in [0.4, 0.5) is 0 Å². The Morgan fingerprint density at radius 2 is 2.07 bits per heavy atom. The summed E-state index contributed by atoms with van der Waals surface area (Å²) >= 11 is 0. The van der Waals surface area contributed by atoms with Crippen LogP contribution >= 0.6 is 0 Å². The first-order valence-electron chi connectivity index (χ1n) is 5.26. The third-order valence-corrected chi connectivity index (χ3v) is 2.78. The third kappa shape index (κ3) is 3.39. The summed E-state index contributed by atoms with van der Waals surface area (Å²) in [6.45, 7) is 5.69. The normalized spacial score (nSPS) is 27.5. The Kier molecular flexibility index (Phi) is 3.67. The summed E-state index contributed by atoms with van der Waals surface area (Å²) in [6.07, 6.45) is 2.78. The van der Waals surface area contributed by atoms with Gasteiger partial charge in [-0.3, -0.25) is 0 Å². The molecule has 0 radical (unpaired) electrons. The van der Waals surface area contributed by atoms with Crippen molar-refractivity contribution in [1.82, 2.24) is 4.90 Å². The summed E-state index contributed by atoms with van der Waals surface area (Å²) in [5.41, 5.74) is -0.253. The van der Waals surface area contributed by atoms with Crippen molar-refractivity contribution >= 4 is 6.29 Å². The molecule has 1 fully saturated rings. The lowest BCUT2D eigenvalue weighted by atomic mass is 9.82. The van der Waals surface area contributed by atoms with Crippen molar-refractivity contribution in [2.75, 3.05) is 20.1 Å². The molecule has 14 heavy (non-hydrogen) atoms. The molecule has 0 amide bonds. The molecule has 3 heteroatoms. The smallest absolute Gasteiger partial charge is 0.126 e. The SMILES string of the molecule is CN(CC1CC(O)C1)CC(C)(C)C=O. The van der Waals surface area contributed by atoms with E-state index in [1.54, 1.807) is 0 Å². The molecular weight excluding hydrogens is 178 g/mol. The molecule has 0 aliphatic heterocycles. The highest BCUT2D eigenvalue weighted by atomic mass is 16.3. The maximum absolute atomic E-state index is 10.7. The van der Waals surface area contributed by atoms with Gasteiger partial charge in [0.2, 0.25) is 0 Å². The zero-order valence-corrected chi connectivity index (χ0v) is 9.36. The average Bonchev–Trinajstić information content (AvgIpc) is 2.00. The fraction of sp³-hybridized carbons (Fsp3) is 0.909. The minimum Gasteiger partial charge on any atom is -0.393 e. The van der Waals surface area contributed by atoms with Crippen LogP contribution < -0.4 is 0 Å². The van der Waals surface area contributed by atoms with Gasteiger partial charge in [0.05, 0.1) is 6.10 Å². The number of hydrogen-bond acceptors (Lipinski definition) is 3. The van der Waals surface area contributed by atoms with Gasteiger partial charge in [-0.2, -0.15) is 0 Å². The Bertz CT molecular complexity index is 197. The van der Waals surface area contributed by atoms with Crippen LogP contribution in [0.25, 0.3) is 0 Å². The second kappa shape index (κ2) is 4.41. The van der Waals surface area contributed by atoms with Crippen molar-refractivity contribution in [1.29, 1.82) is 0 Å². The van der Waals surface area contributed by atoms with Gasteiger partial charge in [-0.15, -0.1) is 0 Å². The van der Waals surface area contributed by atoms with Gasteiger partial charge in [-0.25, -0.2) is 0 Å². The van der Waals surface area contributed by atoms with E-state index in [1.165, 1.54) is 0 Å². The molecule has 0 unspecified atom stereocenters. The Hall–Kier alpha value is -0.410. The fourth-order valence-corrected chi connectivity index (χ4v) is 2.09. The molecule has 1 N–H and O–H groups in total. The molecular formula is C11H21NO2. The van der Waals surface area contributed by atoms with Gasteiger partial charge in [0.25, 0.3) is 0 Å². The molecule has 0 atom stereocenters. The lowest BCUT2D eigenvalue weighted by molar-refractivity contribution is -0.115. The summed E-state index contributed by atoms with van der Waals surface area (Å²) in [5.74, 6) is 0.623. The van der Waals surface area contributed by atoms with Crippen LogP contribution in [0.5, 0.6) is 0 Å². The monoisotopic (exact) mass is 199 g/mol. The first-order valence-corrected chi connectivity index (χ1v) is 5.26. The van der Waals surface area contributed by atoms with Crippen LogP contribution in [0, 0.1) is 11.3 Å². The van der Waals surface area contributed by atoms with Crippen molar-refractivity contribution in [3.63, 3.8) is 0 Å². The fourth-order valence-electron chi connectivity index (χ4n) is 2.09. The predicted molar refractivity (Wildman–Crippen MR) is 56.1 cm³/mol. The summed E-state index contributed by atoms with van der Waals surface area (Å²) in [6, 6.07) is 0. The molecule has 1 saturated carbocycles. The van der Waals surface area contributed by atoms with Crippen molar-refractivity contribution in [3.8, 4) is 0 Å². The van der Waals surface area contributed by atoms with Crippen LogP contribution in [-0.2, 0) is 4.79 Å². The zero-order chi connectivity index (χ0) is 10.8. The van der Waals surface area contributed by atoms with Crippen LogP contribution in [0.15, 0.2) is 0 Å². The van der Waals surface area contributed by atoms with Gasteiger partial charge in [0.1, 0.15) is 6.29 Å². The van der Waals surface area contributed by atoms with Crippen molar-refractivity contribution in [2.45, 2.75) is 32.8 Å². The van der Waals surface area contributed by atoms with Crippen molar-refractivity contribution < 1.29 is 9.90 Å². The third-order valence-electron chi connectivity index (χ3n) is 2.78. The van der Waals surface area contributed by atoms with Gasteiger partial charge in [0, 0.05) is 18.5 Å². The van der Waals surface area contributed by atoms with Gasteiger partial charge in [0.15, 0.2) is 0 Å². The van der Waals surface area contributed by atoms with Gasteiger partial charge < -0.3 is 14.8 Å². The zero-order valence-electron chi connectivity index (χ0n) is 9.36. The summed E-state index contributed by atoms with van der Waals surface area (Å²) in [4.78, 5) is 12.9. The van der Waals surface area contributed by atoms with Crippen LogP contribution in [0.1, 0.15) is 26.7 Å². The standard InChI is InChI=1S/C11H21NO2/c1-11(2,8-13)7-12(3)6-9-4-10(14)5-9/h8-10,14H,4-7H2,1-3H3. The second-order valence-corrected chi connectivity index (χ2v) is 5.29.